The molecule has 1 saturated heterocycles. The van der Waals surface area contributed by atoms with Gasteiger partial charge in [-0.15, -0.1) is 0 Å². The number of rotatable bonds is 8. The zero-order valence-corrected chi connectivity index (χ0v) is 18.9. The zero-order valence-electron chi connectivity index (χ0n) is 17.3. The van der Waals surface area contributed by atoms with Crippen molar-refractivity contribution in [2.24, 2.45) is 5.92 Å². The van der Waals surface area contributed by atoms with Gasteiger partial charge in [0.05, 0.1) is 12.2 Å². The SMILES string of the molecule is CCCCCN1CCC(c2ccc(Br)cc2)C(COc2ccc(C(F)(F)F)cc2)C1. The van der Waals surface area contributed by atoms with Gasteiger partial charge in [-0.2, -0.15) is 13.2 Å². The molecule has 0 spiro atoms. The molecule has 0 saturated carbocycles. The molecule has 0 radical (unpaired) electrons. The number of halogens is 4. The maximum Gasteiger partial charge on any atom is 0.416 e. The molecule has 1 aliphatic rings. The van der Waals surface area contributed by atoms with E-state index in [1.165, 1.54) is 37.0 Å². The van der Waals surface area contributed by atoms with Gasteiger partial charge < -0.3 is 9.64 Å². The van der Waals surface area contributed by atoms with E-state index in [0.717, 1.165) is 42.7 Å². The van der Waals surface area contributed by atoms with E-state index in [0.29, 0.717) is 24.2 Å². The lowest BCUT2D eigenvalue weighted by molar-refractivity contribution is -0.137. The van der Waals surface area contributed by atoms with Crippen LogP contribution in [0.3, 0.4) is 0 Å². The number of hydrogen-bond acceptors (Lipinski definition) is 2. The quantitative estimate of drug-likeness (QED) is 0.369. The predicted octanol–water partition coefficient (Wildman–Crippen LogP) is 7.14. The number of ether oxygens (including phenoxy) is 1. The Morgan fingerprint density at radius 1 is 1.03 bits per heavy atom. The van der Waals surface area contributed by atoms with Gasteiger partial charge in [0.1, 0.15) is 5.75 Å². The minimum Gasteiger partial charge on any atom is -0.493 e. The molecule has 6 heteroatoms. The summed E-state index contributed by atoms with van der Waals surface area (Å²) in [6.07, 6.45) is 0.378. The van der Waals surface area contributed by atoms with E-state index in [-0.39, 0.29) is 0 Å². The Morgan fingerprint density at radius 3 is 2.37 bits per heavy atom. The first-order valence-electron chi connectivity index (χ1n) is 10.6. The molecular weight excluding hydrogens is 455 g/mol. The van der Waals surface area contributed by atoms with Gasteiger partial charge in [0.2, 0.25) is 0 Å². The van der Waals surface area contributed by atoms with Crippen LogP contribution in [0.1, 0.15) is 49.7 Å². The molecule has 30 heavy (non-hydrogen) atoms. The summed E-state index contributed by atoms with van der Waals surface area (Å²) in [5.41, 5.74) is 0.648. The molecule has 1 fully saturated rings. The number of unbranched alkanes of at least 4 members (excludes halogenated alkanes) is 2. The predicted molar refractivity (Wildman–Crippen MR) is 118 cm³/mol. The average Bonchev–Trinajstić information content (AvgIpc) is 2.73. The van der Waals surface area contributed by atoms with Gasteiger partial charge in [0, 0.05) is 16.9 Å². The van der Waals surface area contributed by atoms with Crippen molar-refractivity contribution in [3.8, 4) is 5.75 Å². The Morgan fingerprint density at radius 2 is 1.73 bits per heavy atom. The highest BCUT2D eigenvalue weighted by Crippen LogP contribution is 2.35. The summed E-state index contributed by atoms with van der Waals surface area (Å²) in [6, 6.07) is 13.4. The maximum atomic E-state index is 12.8. The lowest BCUT2D eigenvalue weighted by Crippen LogP contribution is -2.42. The molecule has 164 valence electrons. The van der Waals surface area contributed by atoms with E-state index in [4.69, 9.17) is 4.74 Å². The summed E-state index contributed by atoms with van der Waals surface area (Å²) in [5, 5.41) is 0. The summed E-state index contributed by atoms with van der Waals surface area (Å²) in [5.74, 6) is 1.17. The van der Waals surface area contributed by atoms with E-state index in [2.05, 4.69) is 52.0 Å². The van der Waals surface area contributed by atoms with Crippen LogP contribution in [0.5, 0.6) is 5.75 Å². The number of alkyl halides is 3. The van der Waals surface area contributed by atoms with Crippen LogP contribution >= 0.6 is 15.9 Å². The van der Waals surface area contributed by atoms with E-state index >= 15 is 0 Å². The van der Waals surface area contributed by atoms with Crippen LogP contribution in [0, 0.1) is 5.92 Å². The van der Waals surface area contributed by atoms with Gasteiger partial charge in [0.25, 0.3) is 0 Å². The molecule has 0 aliphatic carbocycles. The Bertz CT molecular complexity index is 777. The molecule has 2 atom stereocenters. The fourth-order valence-electron chi connectivity index (χ4n) is 4.16. The van der Waals surface area contributed by atoms with E-state index in [1.807, 2.05) is 0 Å². The minimum atomic E-state index is -4.33. The average molecular weight is 484 g/mol. The Hall–Kier alpha value is -1.53. The second kappa shape index (κ2) is 10.7. The van der Waals surface area contributed by atoms with Crippen molar-refractivity contribution < 1.29 is 17.9 Å². The summed E-state index contributed by atoms with van der Waals surface area (Å²) >= 11 is 3.50. The highest BCUT2D eigenvalue weighted by molar-refractivity contribution is 9.10. The van der Waals surface area contributed by atoms with Crippen LogP contribution in [-0.4, -0.2) is 31.1 Å². The van der Waals surface area contributed by atoms with E-state index < -0.39 is 11.7 Å². The molecule has 0 amide bonds. The monoisotopic (exact) mass is 483 g/mol. The molecule has 3 rings (SSSR count). The van der Waals surface area contributed by atoms with Crippen molar-refractivity contribution in [2.45, 2.75) is 44.7 Å². The smallest absolute Gasteiger partial charge is 0.416 e. The van der Waals surface area contributed by atoms with Gasteiger partial charge in [-0.25, -0.2) is 0 Å². The number of hydrogen-bond donors (Lipinski definition) is 0. The Balaban J connectivity index is 1.67. The highest BCUT2D eigenvalue weighted by Gasteiger charge is 2.32. The Kier molecular flexibility index (Phi) is 8.23. The first kappa shape index (κ1) is 23.1. The normalized spacial score (nSPS) is 20.3. The largest absolute Gasteiger partial charge is 0.493 e. The van der Waals surface area contributed by atoms with Crippen molar-refractivity contribution in [3.63, 3.8) is 0 Å². The third-order valence-corrected chi connectivity index (χ3v) is 6.37. The zero-order chi connectivity index (χ0) is 21.6. The van der Waals surface area contributed by atoms with Crippen LogP contribution in [-0.2, 0) is 6.18 Å². The molecule has 2 nitrogen and oxygen atoms in total. The minimum absolute atomic E-state index is 0.295. The van der Waals surface area contributed by atoms with Crippen molar-refractivity contribution >= 4 is 15.9 Å². The van der Waals surface area contributed by atoms with E-state index in [9.17, 15) is 13.2 Å². The first-order valence-corrected chi connectivity index (χ1v) is 11.4. The second-order valence-electron chi connectivity index (χ2n) is 8.05. The molecule has 2 unspecified atom stereocenters. The first-order chi connectivity index (χ1) is 14.4. The number of benzene rings is 2. The van der Waals surface area contributed by atoms with Gasteiger partial charge >= 0.3 is 6.18 Å². The second-order valence-corrected chi connectivity index (χ2v) is 8.96. The third kappa shape index (κ3) is 6.48. The van der Waals surface area contributed by atoms with Crippen LogP contribution in [0.25, 0.3) is 0 Å². The summed E-state index contributed by atoms with van der Waals surface area (Å²) in [4.78, 5) is 2.51. The summed E-state index contributed by atoms with van der Waals surface area (Å²) in [6.45, 7) is 5.82. The lowest BCUT2D eigenvalue weighted by Gasteiger charge is -2.39. The third-order valence-electron chi connectivity index (χ3n) is 5.84. The van der Waals surface area contributed by atoms with Crippen molar-refractivity contribution in [3.05, 3.63) is 64.1 Å². The topological polar surface area (TPSA) is 12.5 Å². The summed E-state index contributed by atoms with van der Waals surface area (Å²) < 4.78 is 45.4. The molecular formula is C24H29BrF3NO. The van der Waals surface area contributed by atoms with E-state index in [1.54, 1.807) is 0 Å². The van der Waals surface area contributed by atoms with Gasteiger partial charge in [-0.3, -0.25) is 0 Å². The molecule has 0 N–H and O–H groups in total. The van der Waals surface area contributed by atoms with Crippen LogP contribution in [0.2, 0.25) is 0 Å². The number of nitrogens with zero attached hydrogens (tertiary/aromatic N) is 1. The molecule has 1 aliphatic heterocycles. The van der Waals surface area contributed by atoms with Crippen molar-refractivity contribution in [2.75, 3.05) is 26.2 Å². The summed E-state index contributed by atoms with van der Waals surface area (Å²) in [7, 11) is 0. The standard InChI is InChI=1S/C24H29BrF3NO/c1-2-3-4-14-29-15-13-23(18-5-9-21(25)10-6-18)19(16-29)17-30-22-11-7-20(8-12-22)24(26,27)28/h5-12,19,23H,2-4,13-17H2,1H3. The fourth-order valence-corrected chi connectivity index (χ4v) is 4.42. The molecule has 0 bridgehead atoms. The van der Waals surface area contributed by atoms with Crippen molar-refractivity contribution in [1.29, 1.82) is 0 Å². The van der Waals surface area contributed by atoms with Gasteiger partial charge in [-0.1, -0.05) is 47.8 Å². The Labute approximate surface area is 185 Å². The van der Waals surface area contributed by atoms with Crippen LogP contribution < -0.4 is 4.74 Å². The fraction of sp³-hybridized carbons (Fsp3) is 0.500. The van der Waals surface area contributed by atoms with Gasteiger partial charge in [0.15, 0.2) is 0 Å². The molecule has 0 aromatic heterocycles. The number of likely N-dealkylation sites (tertiary alicyclic amines) is 1. The maximum absolute atomic E-state index is 12.8. The van der Waals surface area contributed by atoms with Crippen molar-refractivity contribution in [1.82, 2.24) is 4.90 Å². The lowest BCUT2D eigenvalue weighted by atomic mass is 9.81. The van der Waals surface area contributed by atoms with Crippen LogP contribution in [0.15, 0.2) is 53.0 Å². The molecule has 1 heterocycles. The van der Waals surface area contributed by atoms with Gasteiger partial charge in [-0.05, 0) is 73.8 Å². The highest BCUT2D eigenvalue weighted by atomic mass is 79.9. The van der Waals surface area contributed by atoms with Crippen LogP contribution in [0.4, 0.5) is 13.2 Å². The molecule has 2 aromatic rings. The number of piperidine rings is 1. The molecule has 2 aromatic carbocycles.